The molecule has 4 heteroatoms. The van der Waals surface area contributed by atoms with E-state index in [1.807, 2.05) is 4.90 Å². The second kappa shape index (κ2) is 5.74. The summed E-state index contributed by atoms with van der Waals surface area (Å²) in [5.74, 6) is 2.68. The molecule has 1 amide bonds. The van der Waals surface area contributed by atoms with E-state index in [1.165, 1.54) is 0 Å². The summed E-state index contributed by atoms with van der Waals surface area (Å²) < 4.78 is 5.00. The third-order valence-electron chi connectivity index (χ3n) is 2.70. The first-order valence-electron chi connectivity index (χ1n) is 5.16. The Kier molecular flexibility index (Phi) is 4.60. The van der Waals surface area contributed by atoms with Crippen LogP contribution in [0, 0.1) is 12.3 Å². The van der Waals surface area contributed by atoms with Gasteiger partial charge >= 0.3 is 0 Å². The van der Waals surface area contributed by atoms with Gasteiger partial charge in [0.25, 0.3) is 5.91 Å². The smallest absolute Gasteiger partial charge is 0.251 e. The number of ether oxygens (including phenoxy) is 1. The zero-order valence-electron chi connectivity index (χ0n) is 9.40. The minimum atomic E-state index is -0.343. The fourth-order valence-corrected chi connectivity index (χ4v) is 1.61. The van der Waals surface area contributed by atoms with E-state index in [0.29, 0.717) is 6.54 Å². The first-order chi connectivity index (χ1) is 7.19. The third kappa shape index (κ3) is 3.22. The molecule has 0 spiro atoms. The summed E-state index contributed by atoms with van der Waals surface area (Å²) in [6.07, 6.45) is 4.89. The van der Waals surface area contributed by atoms with Crippen LogP contribution >= 0.6 is 0 Å². The Bertz CT molecular complexity index is 252. The van der Waals surface area contributed by atoms with Crippen LogP contribution in [0.3, 0.4) is 0 Å². The lowest BCUT2D eigenvalue weighted by Crippen LogP contribution is -2.51. The van der Waals surface area contributed by atoms with Crippen LogP contribution in [0.4, 0.5) is 0 Å². The van der Waals surface area contributed by atoms with Crippen molar-refractivity contribution >= 4 is 5.91 Å². The van der Waals surface area contributed by atoms with Crippen molar-refractivity contribution in [2.24, 2.45) is 0 Å². The third-order valence-corrected chi connectivity index (χ3v) is 2.70. The van der Waals surface area contributed by atoms with Gasteiger partial charge in [-0.1, -0.05) is 5.92 Å². The van der Waals surface area contributed by atoms with Gasteiger partial charge in [-0.05, 0) is 6.92 Å². The van der Waals surface area contributed by atoms with Gasteiger partial charge in [-0.2, -0.15) is 0 Å². The Morgan fingerprint density at radius 3 is 2.53 bits per heavy atom. The number of carbonyl (C=O) groups is 1. The molecule has 1 aliphatic heterocycles. The molecule has 4 nitrogen and oxygen atoms in total. The molecule has 0 radical (unpaired) electrons. The van der Waals surface area contributed by atoms with Gasteiger partial charge in [0.15, 0.2) is 0 Å². The molecule has 0 aromatic carbocycles. The molecule has 0 aromatic rings. The van der Waals surface area contributed by atoms with Gasteiger partial charge in [-0.15, -0.1) is 6.42 Å². The summed E-state index contributed by atoms with van der Waals surface area (Å²) in [6, 6.07) is 0. The number of terminal acetylenes is 1. The highest BCUT2D eigenvalue weighted by Crippen LogP contribution is 2.04. The van der Waals surface area contributed by atoms with Crippen LogP contribution in [0.25, 0.3) is 0 Å². The van der Waals surface area contributed by atoms with E-state index in [4.69, 9.17) is 11.2 Å². The van der Waals surface area contributed by atoms with E-state index in [9.17, 15) is 4.79 Å². The Morgan fingerprint density at radius 2 is 2.07 bits per heavy atom. The lowest BCUT2D eigenvalue weighted by atomic mass is 10.2. The van der Waals surface area contributed by atoms with Gasteiger partial charge in [0.1, 0.15) is 6.10 Å². The molecule has 1 aliphatic rings. The molecule has 84 valence electrons. The predicted molar refractivity (Wildman–Crippen MR) is 58.3 cm³/mol. The Morgan fingerprint density at radius 1 is 1.47 bits per heavy atom. The minimum absolute atomic E-state index is 0.0675. The van der Waals surface area contributed by atoms with Crippen molar-refractivity contribution in [2.45, 2.75) is 13.0 Å². The molecular weight excluding hydrogens is 192 g/mol. The minimum Gasteiger partial charge on any atom is -0.372 e. The normalized spacial score (nSPS) is 19.7. The average molecular weight is 210 g/mol. The van der Waals surface area contributed by atoms with Crippen LogP contribution in [0.15, 0.2) is 0 Å². The highest BCUT2D eigenvalue weighted by atomic mass is 16.5. The quantitative estimate of drug-likeness (QED) is 0.605. The molecule has 0 N–H and O–H groups in total. The molecular formula is C11H18N2O2. The number of hydrogen-bond acceptors (Lipinski definition) is 3. The van der Waals surface area contributed by atoms with E-state index in [2.05, 4.69) is 10.8 Å². The number of methoxy groups -OCH3 is 1. The van der Waals surface area contributed by atoms with Crippen molar-refractivity contribution in [3.05, 3.63) is 0 Å². The predicted octanol–water partition coefficient (Wildman–Crippen LogP) is -0.201. The monoisotopic (exact) mass is 210 g/mol. The van der Waals surface area contributed by atoms with Gasteiger partial charge in [-0.3, -0.25) is 9.69 Å². The van der Waals surface area contributed by atoms with E-state index < -0.39 is 0 Å². The topological polar surface area (TPSA) is 32.8 Å². The first-order valence-corrected chi connectivity index (χ1v) is 5.16. The zero-order chi connectivity index (χ0) is 11.3. The molecule has 0 saturated carbocycles. The van der Waals surface area contributed by atoms with E-state index in [1.54, 1.807) is 14.0 Å². The van der Waals surface area contributed by atoms with Gasteiger partial charge < -0.3 is 9.64 Å². The van der Waals surface area contributed by atoms with E-state index in [0.717, 1.165) is 26.2 Å². The summed E-state index contributed by atoms with van der Waals surface area (Å²) in [4.78, 5) is 15.7. The molecule has 1 fully saturated rings. The SMILES string of the molecule is C#CCN1CCN(C(=O)C(C)OC)CC1. The lowest BCUT2D eigenvalue weighted by molar-refractivity contribution is -0.142. The number of carbonyl (C=O) groups excluding carboxylic acids is 1. The second-order valence-corrected chi connectivity index (χ2v) is 3.68. The highest BCUT2D eigenvalue weighted by Gasteiger charge is 2.24. The maximum Gasteiger partial charge on any atom is 0.251 e. The summed E-state index contributed by atoms with van der Waals surface area (Å²) in [7, 11) is 1.55. The van der Waals surface area contributed by atoms with Crippen LogP contribution in [0.5, 0.6) is 0 Å². The molecule has 15 heavy (non-hydrogen) atoms. The Balaban J connectivity index is 2.37. The molecule has 0 aromatic heterocycles. The fraction of sp³-hybridized carbons (Fsp3) is 0.727. The van der Waals surface area contributed by atoms with Gasteiger partial charge in [0.05, 0.1) is 6.54 Å². The number of amides is 1. The fourth-order valence-electron chi connectivity index (χ4n) is 1.61. The van der Waals surface area contributed by atoms with Crippen molar-refractivity contribution in [3.8, 4) is 12.3 Å². The van der Waals surface area contributed by atoms with Crippen molar-refractivity contribution in [1.29, 1.82) is 0 Å². The highest BCUT2D eigenvalue weighted by molar-refractivity contribution is 5.80. The molecule has 1 rings (SSSR count). The largest absolute Gasteiger partial charge is 0.372 e. The Labute approximate surface area is 91.2 Å². The molecule has 0 bridgehead atoms. The second-order valence-electron chi connectivity index (χ2n) is 3.68. The van der Waals surface area contributed by atoms with Crippen LogP contribution < -0.4 is 0 Å². The van der Waals surface area contributed by atoms with Gasteiger partial charge in [0, 0.05) is 33.3 Å². The van der Waals surface area contributed by atoms with Gasteiger partial charge in [0.2, 0.25) is 0 Å². The van der Waals surface area contributed by atoms with Gasteiger partial charge in [-0.25, -0.2) is 0 Å². The average Bonchev–Trinajstić information content (AvgIpc) is 2.28. The van der Waals surface area contributed by atoms with Crippen molar-refractivity contribution in [2.75, 3.05) is 39.8 Å². The molecule has 1 heterocycles. The molecule has 0 aliphatic carbocycles. The van der Waals surface area contributed by atoms with Crippen LogP contribution in [0.2, 0.25) is 0 Å². The summed E-state index contributed by atoms with van der Waals surface area (Å²) in [6.45, 7) is 5.64. The number of hydrogen-bond donors (Lipinski definition) is 0. The van der Waals surface area contributed by atoms with Crippen molar-refractivity contribution in [1.82, 2.24) is 9.80 Å². The van der Waals surface area contributed by atoms with Crippen LogP contribution in [-0.2, 0) is 9.53 Å². The van der Waals surface area contributed by atoms with Crippen molar-refractivity contribution < 1.29 is 9.53 Å². The summed E-state index contributed by atoms with van der Waals surface area (Å²) in [5, 5.41) is 0. The maximum absolute atomic E-state index is 11.7. The maximum atomic E-state index is 11.7. The van der Waals surface area contributed by atoms with Crippen molar-refractivity contribution in [3.63, 3.8) is 0 Å². The molecule has 1 saturated heterocycles. The molecule has 1 unspecified atom stereocenters. The zero-order valence-corrected chi connectivity index (χ0v) is 9.40. The Hall–Kier alpha value is -1.05. The van der Waals surface area contributed by atoms with Crippen LogP contribution in [-0.4, -0.2) is 61.6 Å². The first kappa shape index (κ1) is 12.0. The van der Waals surface area contributed by atoms with E-state index in [-0.39, 0.29) is 12.0 Å². The van der Waals surface area contributed by atoms with E-state index >= 15 is 0 Å². The number of rotatable bonds is 3. The van der Waals surface area contributed by atoms with Crippen LogP contribution in [0.1, 0.15) is 6.92 Å². The number of piperazine rings is 1. The summed E-state index contributed by atoms with van der Waals surface area (Å²) >= 11 is 0. The molecule has 1 atom stereocenters. The standard InChI is InChI=1S/C11H18N2O2/c1-4-5-12-6-8-13(9-7-12)11(14)10(2)15-3/h1,10H,5-9H2,2-3H3. The summed E-state index contributed by atoms with van der Waals surface area (Å²) in [5.41, 5.74) is 0. The number of nitrogens with zero attached hydrogens (tertiary/aromatic N) is 2. The lowest BCUT2D eigenvalue weighted by Gasteiger charge is -2.34.